The number of halogens is 1. The predicted molar refractivity (Wildman–Crippen MR) is 109 cm³/mol. The van der Waals surface area contributed by atoms with Gasteiger partial charge in [-0.25, -0.2) is 0 Å². The highest BCUT2D eigenvalue weighted by Gasteiger charge is 2.35. The Hall–Kier alpha value is -2.15. The van der Waals surface area contributed by atoms with Gasteiger partial charge in [0, 0.05) is 43.4 Å². The van der Waals surface area contributed by atoms with Gasteiger partial charge in [-0.15, -0.1) is 0 Å². The molecule has 148 valence electrons. The minimum atomic E-state index is 0.0998. The summed E-state index contributed by atoms with van der Waals surface area (Å²) in [5.41, 5.74) is 1.22. The number of aromatic nitrogens is 4. The number of fused-ring (bicyclic) bond motifs is 4. The summed E-state index contributed by atoms with van der Waals surface area (Å²) in [6, 6.07) is 6.00. The van der Waals surface area contributed by atoms with E-state index >= 15 is 0 Å². The number of nitrogens with zero attached hydrogens (tertiary/aromatic N) is 5. The van der Waals surface area contributed by atoms with Gasteiger partial charge >= 0.3 is 0 Å². The third-order valence-corrected chi connectivity index (χ3v) is 6.47. The lowest BCUT2D eigenvalue weighted by atomic mass is 9.83. The quantitative estimate of drug-likeness (QED) is 0.853. The van der Waals surface area contributed by atoms with Crippen molar-refractivity contribution in [3.8, 4) is 0 Å². The van der Waals surface area contributed by atoms with Crippen LogP contribution in [0.1, 0.15) is 50.1 Å². The lowest BCUT2D eigenvalue weighted by Gasteiger charge is -2.42. The zero-order chi connectivity index (χ0) is 19.1. The van der Waals surface area contributed by atoms with Gasteiger partial charge in [0.15, 0.2) is 0 Å². The average molecular weight is 401 g/mol. The summed E-state index contributed by atoms with van der Waals surface area (Å²) >= 11 is 6.24. The Morgan fingerprint density at radius 2 is 1.89 bits per heavy atom. The van der Waals surface area contributed by atoms with Crippen molar-refractivity contribution in [2.24, 2.45) is 5.92 Å². The normalized spacial score (nSPS) is 24.7. The lowest BCUT2D eigenvalue weighted by molar-refractivity contribution is 0.279. The topological polar surface area (TPSA) is 75.9 Å². The smallest absolute Gasteiger partial charge is 0.250 e. The number of hydrogen-bond acceptors (Lipinski definition) is 6. The van der Waals surface area contributed by atoms with Crippen molar-refractivity contribution in [3.63, 3.8) is 0 Å². The minimum absolute atomic E-state index is 0.0998. The van der Waals surface area contributed by atoms with Crippen LogP contribution in [0, 0.1) is 5.92 Å². The Bertz CT molecular complexity index is 925. The molecule has 2 atom stereocenters. The largest absolute Gasteiger partial charge is 0.351 e. The van der Waals surface area contributed by atoms with Crippen LogP contribution in [-0.4, -0.2) is 38.7 Å². The highest BCUT2D eigenvalue weighted by Crippen LogP contribution is 2.36. The van der Waals surface area contributed by atoms with Gasteiger partial charge in [0.2, 0.25) is 17.2 Å². The molecule has 1 aliphatic carbocycles. The van der Waals surface area contributed by atoms with Crippen molar-refractivity contribution in [3.05, 3.63) is 39.5 Å². The molecular weight excluding hydrogens is 376 g/mol. The van der Waals surface area contributed by atoms with Crippen LogP contribution in [0.15, 0.2) is 23.0 Å². The second kappa shape index (κ2) is 7.35. The zero-order valence-electron chi connectivity index (χ0n) is 15.9. The molecule has 0 spiro atoms. The molecule has 3 aliphatic rings. The van der Waals surface area contributed by atoms with E-state index in [9.17, 15) is 4.79 Å². The first-order valence-corrected chi connectivity index (χ1v) is 10.7. The molecule has 1 saturated carbocycles. The number of pyridine rings is 1. The summed E-state index contributed by atoms with van der Waals surface area (Å²) in [5, 5.41) is 3.69. The maximum absolute atomic E-state index is 12.2. The van der Waals surface area contributed by atoms with Gasteiger partial charge in [-0.2, -0.15) is 15.0 Å². The molecule has 0 unspecified atom stereocenters. The maximum Gasteiger partial charge on any atom is 0.250 e. The molecule has 28 heavy (non-hydrogen) atoms. The summed E-state index contributed by atoms with van der Waals surface area (Å²) in [5.74, 6) is 1.94. The van der Waals surface area contributed by atoms with Gasteiger partial charge in [-0.3, -0.25) is 4.79 Å². The third kappa shape index (κ3) is 3.48. The molecule has 1 saturated heterocycles. The highest BCUT2D eigenvalue weighted by atomic mass is 35.5. The fraction of sp³-hybridized carbons (Fsp3) is 0.600. The molecule has 2 aromatic heterocycles. The van der Waals surface area contributed by atoms with Gasteiger partial charge in [0.25, 0.3) is 5.56 Å². The van der Waals surface area contributed by atoms with Gasteiger partial charge in [0.05, 0.1) is 0 Å². The molecule has 4 heterocycles. The first-order chi connectivity index (χ1) is 13.7. The Labute approximate surface area is 169 Å². The molecule has 2 fully saturated rings. The summed E-state index contributed by atoms with van der Waals surface area (Å²) in [6.45, 7) is 2.39. The van der Waals surface area contributed by atoms with E-state index < -0.39 is 0 Å². The first kappa shape index (κ1) is 17.9. The fourth-order valence-electron chi connectivity index (χ4n) is 5.03. The van der Waals surface area contributed by atoms with Crippen LogP contribution in [-0.2, 0) is 6.54 Å². The Kier molecular flexibility index (Phi) is 4.70. The Morgan fingerprint density at radius 1 is 1.04 bits per heavy atom. The second-order valence-electron chi connectivity index (χ2n) is 8.31. The van der Waals surface area contributed by atoms with Crippen LogP contribution in [0.3, 0.4) is 0 Å². The molecule has 0 aromatic carbocycles. The summed E-state index contributed by atoms with van der Waals surface area (Å²) in [4.78, 5) is 27.8. The van der Waals surface area contributed by atoms with Crippen LogP contribution in [0.4, 0.5) is 11.9 Å². The van der Waals surface area contributed by atoms with Gasteiger partial charge in [-0.05, 0) is 42.8 Å². The summed E-state index contributed by atoms with van der Waals surface area (Å²) in [7, 11) is 0. The second-order valence-corrected chi connectivity index (χ2v) is 8.65. The highest BCUT2D eigenvalue weighted by molar-refractivity contribution is 6.28. The monoisotopic (exact) mass is 400 g/mol. The number of hydrogen-bond donors (Lipinski definition) is 1. The molecule has 0 amide bonds. The Balaban J connectivity index is 1.39. The predicted octanol–water partition coefficient (Wildman–Crippen LogP) is 3.06. The molecule has 8 heteroatoms. The van der Waals surface area contributed by atoms with Crippen LogP contribution >= 0.6 is 11.6 Å². The molecule has 7 nitrogen and oxygen atoms in total. The van der Waals surface area contributed by atoms with E-state index in [-0.39, 0.29) is 10.8 Å². The van der Waals surface area contributed by atoms with E-state index in [1.54, 1.807) is 6.07 Å². The van der Waals surface area contributed by atoms with Crippen molar-refractivity contribution in [1.82, 2.24) is 19.5 Å². The van der Waals surface area contributed by atoms with Crippen molar-refractivity contribution < 1.29 is 0 Å². The number of anilines is 2. The van der Waals surface area contributed by atoms with Crippen molar-refractivity contribution >= 4 is 23.5 Å². The minimum Gasteiger partial charge on any atom is -0.351 e. The van der Waals surface area contributed by atoms with Crippen LogP contribution in [0.5, 0.6) is 0 Å². The van der Waals surface area contributed by atoms with E-state index in [2.05, 4.69) is 26.3 Å². The van der Waals surface area contributed by atoms with Crippen LogP contribution in [0.2, 0.25) is 5.28 Å². The van der Waals surface area contributed by atoms with Crippen LogP contribution < -0.4 is 15.8 Å². The first-order valence-electron chi connectivity index (χ1n) is 10.3. The molecule has 0 radical (unpaired) electrons. The fourth-order valence-corrected chi connectivity index (χ4v) is 5.19. The number of nitrogens with one attached hydrogen (secondary N) is 1. The van der Waals surface area contributed by atoms with Gasteiger partial charge < -0.3 is 14.8 Å². The van der Waals surface area contributed by atoms with Crippen molar-refractivity contribution in [2.75, 3.05) is 23.3 Å². The molecule has 5 rings (SSSR count). The molecule has 2 aliphatic heterocycles. The van der Waals surface area contributed by atoms with Crippen LogP contribution in [0.25, 0.3) is 0 Å². The molecule has 2 bridgehead atoms. The van der Waals surface area contributed by atoms with E-state index in [0.717, 1.165) is 44.6 Å². The SMILES string of the molecule is O=c1cccc2n1C[C@@H]1C[C@H]2CN(c2nc(Cl)nc(NC3CCCCC3)n2)C1. The number of rotatable bonds is 3. The van der Waals surface area contributed by atoms with Gasteiger partial charge in [0.1, 0.15) is 0 Å². The van der Waals surface area contributed by atoms with Crippen molar-refractivity contribution in [2.45, 2.75) is 57.0 Å². The lowest BCUT2D eigenvalue weighted by Crippen LogP contribution is -2.47. The Morgan fingerprint density at radius 3 is 2.75 bits per heavy atom. The summed E-state index contributed by atoms with van der Waals surface area (Å²) in [6.07, 6.45) is 7.21. The zero-order valence-corrected chi connectivity index (χ0v) is 16.6. The molecular formula is C20H25ClN6O. The standard InChI is InChI=1S/C20H25ClN6O/c21-18-23-19(22-15-5-2-1-3-6-15)25-20(24-18)26-10-13-9-14(12-26)16-7-4-8-17(28)27(16)11-13/h4,7-8,13-15H,1-3,5-6,9-12H2,(H,22,23,24,25)/t13-,14+/m1/s1. The summed E-state index contributed by atoms with van der Waals surface area (Å²) < 4.78 is 1.94. The van der Waals surface area contributed by atoms with Gasteiger partial charge in [-0.1, -0.05) is 25.3 Å². The third-order valence-electron chi connectivity index (χ3n) is 6.30. The number of piperidine rings is 1. The molecule has 2 aromatic rings. The molecule has 1 N–H and O–H groups in total. The maximum atomic E-state index is 12.2. The van der Waals surface area contributed by atoms with E-state index in [1.807, 2.05) is 10.6 Å². The van der Waals surface area contributed by atoms with Crippen molar-refractivity contribution in [1.29, 1.82) is 0 Å². The van der Waals surface area contributed by atoms with E-state index in [0.29, 0.717) is 29.8 Å². The van der Waals surface area contributed by atoms with E-state index in [4.69, 9.17) is 16.6 Å². The van der Waals surface area contributed by atoms with E-state index in [1.165, 1.54) is 19.3 Å². The average Bonchev–Trinajstić information content (AvgIpc) is 2.69.